The van der Waals surface area contributed by atoms with Crippen molar-refractivity contribution in [2.24, 2.45) is 5.41 Å². The molecule has 1 saturated carbocycles. The van der Waals surface area contributed by atoms with Crippen LogP contribution in [0.25, 0.3) is 0 Å². The lowest BCUT2D eigenvalue weighted by Gasteiger charge is -2.18. The minimum Gasteiger partial charge on any atom is -0.314 e. The maximum absolute atomic E-state index is 4.72. The summed E-state index contributed by atoms with van der Waals surface area (Å²) in [6.45, 7) is 13.4. The molecular weight excluding hydrogens is 234 g/mol. The molecule has 0 amide bonds. The van der Waals surface area contributed by atoms with E-state index in [2.05, 4.69) is 44.6 Å². The van der Waals surface area contributed by atoms with Crippen molar-refractivity contribution < 1.29 is 0 Å². The van der Waals surface area contributed by atoms with Crippen LogP contribution in [0.15, 0.2) is 0 Å². The van der Waals surface area contributed by atoms with E-state index in [1.165, 1.54) is 36.2 Å². The fourth-order valence-corrected chi connectivity index (χ4v) is 2.44. The summed E-state index contributed by atoms with van der Waals surface area (Å²) in [5.74, 6) is 0. The Morgan fingerprint density at radius 2 is 1.95 bits per heavy atom. The van der Waals surface area contributed by atoms with E-state index >= 15 is 0 Å². The Bertz CT molecular complexity index is 422. The van der Waals surface area contributed by atoms with Gasteiger partial charge in [-0.2, -0.15) is 5.10 Å². The number of hydrogen-bond acceptors (Lipinski definition) is 2. The lowest BCUT2D eigenvalue weighted by Crippen LogP contribution is -2.19. The van der Waals surface area contributed by atoms with Gasteiger partial charge in [-0.15, -0.1) is 0 Å². The van der Waals surface area contributed by atoms with E-state index in [-0.39, 0.29) is 0 Å². The first kappa shape index (κ1) is 14.6. The molecule has 1 N–H and O–H groups in total. The van der Waals surface area contributed by atoms with Crippen LogP contribution in [0.2, 0.25) is 0 Å². The summed E-state index contributed by atoms with van der Waals surface area (Å²) in [6.07, 6.45) is 5.02. The maximum Gasteiger partial charge on any atom is 0.0628 e. The molecule has 2 rings (SSSR count). The van der Waals surface area contributed by atoms with E-state index in [1.807, 2.05) is 0 Å². The summed E-state index contributed by atoms with van der Waals surface area (Å²) >= 11 is 0. The van der Waals surface area contributed by atoms with Gasteiger partial charge in [0.15, 0.2) is 0 Å². The molecule has 1 aromatic heterocycles. The first-order valence-corrected chi connectivity index (χ1v) is 7.63. The van der Waals surface area contributed by atoms with Gasteiger partial charge in [0.05, 0.1) is 5.69 Å². The van der Waals surface area contributed by atoms with Crippen LogP contribution >= 0.6 is 0 Å². The quantitative estimate of drug-likeness (QED) is 0.854. The van der Waals surface area contributed by atoms with Gasteiger partial charge in [0.2, 0.25) is 0 Å². The number of aromatic nitrogens is 2. The molecule has 0 saturated heterocycles. The predicted molar refractivity (Wildman–Crippen MR) is 80.5 cm³/mol. The molecule has 1 aliphatic carbocycles. The van der Waals surface area contributed by atoms with Crippen molar-refractivity contribution >= 4 is 0 Å². The van der Waals surface area contributed by atoms with E-state index in [0.29, 0.717) is 5.41 Å². The van der Waals surface area contributed by atoms with Crippen LogP contribution in [0.1, 0.15) is 57.0 Å². The molecule has 0 aromatic carbocycles. The molecule has 0 aliphatic heterocycles. The molecule has 1 heterocycles. The highest BCUT2D eigenvalue weighted by atomic mass is 15.3. The van der Waals surface area contributed by atoms with Gasteiger partial charge in [0, 0.05) is 18.3 Å². The second-order valence-corrected chi connectivity index (χ2v) is 7.16. The zero-order valence-corrected chi connectivity index (χ0v) is 13.2. The highest BCUT2D eigenvalue weighted by Crippen LogP contribution is 2.22. The zero-order valence-electron chi connectivity index (χ0n) is 13.2. The van der Waals surface area contributed by atoms with Crippen LogP contribution < -0.4 is 5.32 Å². The lowest BCUT2D eigenvalue weighted by molar-refractivity contribution is 0.338. The van der Waals surface area contributed by atoms with E-state index in [9.17, 15) is 0 Å². The maximum atomic E-state index is 4.72. The Balaban J connectivity index is 1.93. The average Bonchev–Trinajstić information content (AvgIpc) is 3.07. The molecule has 19 heavy (non-hydrogen) atoms. The highest BCUT2D eigenvalue weighted by Gasteiger charge is 2.20. The Hall–Kier alpha value is -0.830. The third-order valence-electron chi connectivity index (χ3n) is 3.99. The molecular formula is C16H29N3. The Morgan fingerprint density at radius 3 is 2.53 bits per heavy atom. The molecule has 1 aromatic rings. The summed E-state index contributed by atoms with van der Waals surface area (Å²) in [7, 11) is 0. The van der Waals surface area contributed by atoms with Crippen LogP contribution in [0, 0.1) is 19.3 Å². The lowest BCUT2D eigenvalue weighted by atomic mass is 9.92. The van der Waals surface area contributed by atoms with Gasteiger partial charge in [-0.05, 0) is 57.1 Å². The van der Waals surface area contributed by atoms with Crippen LogP contribution in [0.4, 0.5) is 0 Å². The molecule has 108 valence electrons. The van der Waals surface area contributed by atoms with Gasteiger partial charge in [-0.3, -0.25) is 4.68 Å². The second-order valence-electron chi connectivity index (χ2n) is 7.16. The molecule has 3 nitrogen and oxygen atoms in total. The molecule has 0 radical (unpaired) electrons. The van der Waals surface area contributed by atoms with Crippen LogP contribution in [0.3, 0.4) is 0 Å². The molecule has 1 fully saturated rings. The SMILES string of the molecule is Cc1nn(CCC(C)(C)C)c(C)c1CCNC1CC1. The fraction of sp³-hybridized carbons (Fsp3) is 0.812. The van der Waals surface area contributed by atoms with Crippen LogP contribution in [-0.2, 0) is 13.0 Å². The molecule has 1 aliphatic rings. The number of aryl methyl sites for hydroxylation is 2. The third kappa shape index (κ3) is 4.34. The number of nitrogens with zero attached hydrogens (tertiary/aromatic N) is 2. The minimum absolute atomic E-state index is 0.375. The van der Waals surface area contributed by atoms with Crippen molar-refractivity contribution in [3.8, 4) is 0 Å². The Labute approximate surface area is 117 Å². The Kier molecular flexibility index (Phi) is 4.34. The first-order valence-electron chi connectivity index (χ1n) is 7.63. The standard InChI is InChI=1S/C16H29N3/c1-12-15(8-10-17-14-6-7-14)13(2)19(18-12)11-9-16(3,4)5/h14,17H,6-11H2,1-5H3. The monoisotopic (exact) mass is 263 g/mol. The van der Waals surface area contributed by atoms with Crippen molar-refractivity contribution in [2.45, 2.75) is 72.9 Å². The molecule has 0 atom stereocenters. The summed E-state index contributed by atoms with van der Waals surface area (Å²) in [5.41, 5.74) is 4.39. The van der Waals surface area contributed by atoms with E-state index in [4.69, 9.17) is 5.10 Å². The molecule has 0 spiro atoms. The van der Waals surface area contributed by atoms with Gasteiger partial charge in [-0.25, -0.2) is 0 Å². The van der Waals surface area contributed by atoms with E-state index < -0.39 is 0 Å². The summed E-state index contributed by atoms with van der Waals surface area (Å²) in [4.78, 5) is 0. The van der Waals surface area contributed by atoms with Crippen LogP contribution in [0.5, 0.6) is 0 Å². The summed E-state index contributed by atoms with van der Waals surface area (Å²) in [6, 6.07) is 0.802. The number of nitrogens with one attached hydrogen (secondary N) is 1. The smallest absolute Gasteiger partial charge is 0.0628 e. The number of hydrogen-bond donors (Lipinski definition) is 1. The van der Waals surface area contributed by atoms with Crippen LogP contribution in [-0.4, -0.2) is 22.4 Å². The fourth-order valence-electron chi connectivity index (χ4n) is 2.44. The average molecular weight is 263 g/mol. The van der Waals surface area contributed by atoms with Gasteiger partial charge >= 0.3 is 0 Å². The van der Waals surface area contributed by atoms with Gasteiger partial charge in [-0.1, -0.05) is 20.8 Å². The normalized spacial score (nSPS) is 16.1. The molecule has 0 unspecified atom stereocenters. The number of rotatable bonds is 6. The van der Waals surface area contributed by atoms with Gasteiger partial charge in [0.25, 0.3) is 0 Å². The zero-order chi connectivity index (χ0) is 14.0. The van der Waals surface area contributed by atoms with E-state index in [0.717, 1.165) is 25.6 Å². The highest BCUT2D eigenvalue weighted by molar-refractivity contribution is 5.24. The predicted octanol–water partition coefficient (Wildman–Crippen LogP) is 3.23. The van der Waals surface area contributed by atoms with Crippen molar-refractivity contribution in [3.05, 3.63) is 17.0 Å². The van der Waals surface area contributed by atoms with Gasteiger partial charge in [0.1, 0.15) is 0 Å². The molecule has 0 bridgehead atoms. The first-order chi connectivity index (χ1) is 8.87. The minimum atomic E-state index is 0.375. The summed E-state index contributed by atoms with van der Waals surface area (Å²) in [5, 5.41) is 8.30. The Morgan fingerprint density at radius 1 is 1.26 bits per heavy atom. The van der Waals surface area contributed by atoms with Crippen molar-refractivity contribution in [1.82, 2.24) is 15.1 Å². The van der Waals surface area contributed by atoms with Crippen molar-refractivity contribution in [1.29, 1.82) is 0 Å². The largest absolute Gasteiger partial charge is 0.314 e. The van der Waals surface area contributed by atoms with E-state index in [1.54, 1.807) is 0 Å². The van der Waals surface area contributed by atoms with Crippen molar-refractivity contribution in [3.63, 3.8) is 0 Å². The van der Waals surface area contributed by atoms with Gasteiger partial charge < -0.3 is 5.32 Å². The summed E-state index contributed by atoms with van der Waals surface area (Å²) < 4.78 is 2.20. The van der Waals surface area contributed by atoms with Crippen molar-refractivity contribution in [2.75, 3.05) is 6.54 Å². The second kappa shape index (κ2) is 5.66. The third-order valence-corrected chi connectivity index (χ3v) is 3.99. The molecule has 3 heteroatoms. The topological polar surface area (TPSA) is 29.9 Å².